The minimum Gasteiger partial charge on any atom is -0.396 e. The van der Waals surface area contributed by atoms with E-state index < -0.39 is 6.10 Å². The normalized spacial score (nSPS) is 17.7. The van der Waals surface area contributed by atoms with Crippen LogP contribution in [0.2, 0.25) is 5.02 Å². The topological polar surface area (TPSA) is 61.7 Å². The van der Waals surface area contributed by atoms with Crippen LogP contribution in [0.1, 0.15) is 24.8 Å². The molecule has 0 saturated heterocycles. The molecule has 0 heterocycles. The van der Waals surface area contributed by atoms with Gasteiger partial charge in [-0.05, 0) is 36.3 Å². The maximum absolute atomic E-state index is 9.87. The smallest absolute Gasteiger partial charge is 0.0897 e. The predicted molar refractivity (Wildman–Crippen MR) is 83.4 cm³/mol. The molecule has 1 aliphatic carbocycles. The van der Waals surface area contributed by atoms with Crippen molar-refractivity contribution >= 4 is 11.6 Å². The quantitative estimate of drug-likeness (QED) is 0.618. The number of ether oxygens (including phenoxy) is 1. The molecule has 4 nitrogen and oxygen atoms in total. The predicted octanol–water partition coefficient (Wildman–Crippen LogP) is 1.97. The van der Waals surface area contributed by atoms with Gasteiger partial charge in [0.2, 0.25) is 0 Å². The lowest BCUT2D eigenvalue weighted by molar-refractivity contribution is 0.0282. The van der Waals surface area contributed by atoms with Crippen LogP contribution in [-0.2, 0) is 11.3 Å². The molecular formula is C16H24ClNO3. The van der Waals surface area contributed by atoms with Crippen LogP contribution < -0.4 is 5.32 Å². The molecule has 118 valence electrons. The van der Waals surface area contributed by atoms with Crippen molar-refractivity contribution in [1.82, 2.24) is 5.32 Å². The van der Waals surface area contributed by atoms with Gasteiger partial charge in [0.1, 0.15) is 0 Å². The first-order valence-corrected chi connectivity index (χ1v) is 7.84. The second-order valence-corrected chi connectivity index (χ2v) is 6.27. The molecule has 0 amide bonds. The number of rotatable bonds is 10. The number of hydrogen-bond acceptors (Lipinski definition) is 4. The van der Waals surface area contributed by atoms with Gasteiger partial charge in [-0.3, -0.25) is 0 Å². The van der Waals surface area contributed by atoms with Gasteiger partial charge in [-0.25, -0.2) is 0 Å². The van der Waals surface area contributed by atoms with Crippen molar-refractivity contribution in [3.05, 3.63) is 34.9 Å². The lowest BCUT2D eigenvalue weighted by Crippen LogP contribution is -2.34. The molecule has 1 atom stereocenters. The van der Waals surface area contributed by atoms with Crippen molar-refractivity contribution < 1.29 is 14.9 Å². The molecule has 3 N–H and O–H groups in total. The zero-order valence-corrected chi connectivity index (χ0v) is 13.0. The summed E-state index contributed by atoms with van der Waals surface area (Å²) in [7, 11) is 0. The van der Waals surface area contributed by atoms with Gasteiger partial charge >= 0.3 is 0 Å². The van der Waals surface area contributed by atoms with Crippen molar-refractivity contribution in [2.75, 3.05) is 26.3 Å². The highest BCUT2D eigenvalue weighted by atomic mass is 35.5. The van der Waals surface area contributed by atoms with E-state index in [9.17, 15) is 5.11 Å². The molecular weight excluding hydrogens is 290 g/mol. The first kappa shape index (κ1) is 16.7. The summed E-state index contributed by atoms with van der Waals surface area (Å²) in [6, 6.07) is 7.54. The number of hydrogen-bond donors (Lipinski definition) is 3. The van der Waals surface area contributed by atoms with Gasteiger partial charge in [0.25, 0.3) is 0 Å². The maximum Gasteiger partial charge on any atom is 0.0897 e. The molecule has 21 heavy (non-hydrogen) atoms. The minimum atomic E-state index is -0.530. The Labute approximate surface area is 131 Å². The van der Waals surface area contributed by atoms with E-state index in [0.717, 1.165) is 18.5 Å². The van der Waals surface area contributed by atoms with Crippen LogP contribution in [0.15, 0.2) is 24.3 Å². The zero-order chi connectivity index (χ0) is 15.1. The Morgan fingerprint density at radius 1 is 1.33 bits per heavy atom. The summed E-state index contributed by atoms with van der Waals surface area (Å²) in [6.45, 7) is 2.30. The van der Waals surface area contributed by atoms with Crippen LogP contribution in [0, 0.1) is 5.41 Å². The van der Waals surface area contributed by atoms with Crippen LogP contribution in [0.25, 0.3) is 0 Å². The fraction of sp³-hybridized carbons (Fsp3) is 0.625. The van der Waals surface area contributed by atoms with Crippen molar-refractivity contribution in [1.29, 1.82) is 0 Å². The number of aliphatic hydroxyl groups is 2. The third-order valence-corrected chi connectivity index (χ3v) is 4.37. The molecule has 5 heteroatoms. The standard InChI is InChI=1S/C16H24ClNO3/c17-15-4-2-1-3-13(15)10-21-11-14(20)9-18-12-16(5-6-16)7-8-19/h1-4,14,18-20H,5-12H2. The Bertz CT molecular complexity index is 437. The highest BCUT2D eigenvalue weighted by Crippen LogP contribution is 2.47. The molecule has 1 aliphatic rings. The molecule has 0 aromatic heterocycles. The largest absolute Gasteiger partial charge is 0.396 e. The van der Waals surface area contributed by atoms with E-state index >= 15 is 0 Å². The summed E-state index contributed by atoms with van der Waals surface area (Å²) >= 11 is 6.03. The van der Waals surface area contributed by atoms with E-state index in [0.29, 0.717) is 18.2 Å². The Balaban J connectivity index is 1.58. The van der Waals surface area contributed by atoms with Gasteiger partial charge in [0, 0.05) is 24.7 Å². The Morgan fingerprint density at radius 2 is 2.10 bits per heavy atom. The molecule has 1 saturated carbocycles. The van der Waals surface area contributed by atoms with Crippen molar-refractivity contribution in [2.45, 2.75) is 32.0 Å². The Morgan fingerprint density at radius 3 is 2.76 bits per heavy atom. The summed E-state index contributed by atoms with van der Waals surface area (Å²) in [4.78, 5) is 0. The SMILES string of the molecule is OCCC1(CNCC(O)COCc2ccccc2Cl)CC1. The summed E-state index contributed by atoms with van der Waals surface area (Å²) in [6.07, 6.45) is 2.65. The van der Waals surface area contributed by atoms with Crippen LogP contribution in [0.3, 0.4) is 0 Å². The summed E-state index contributed by atoms with van der Waals surface area (Å²) in [5.41, 5.74) is 1.20. The highest BCUT2D eigenvalue weighted by Gasteiger charge is 2.41. The molecule has 1 aromatic carbocycles. The van der Waals surface area contributed by atoms with Gasteiger partial charge in [0.15, 0.2) is 0 Å². The van der Waals surface area contributed by atoms with Crippen LogP contribution >= 0.6 is 11.6 Å². The lowest BCUT2D eigenvalue weighted by Gasteiger charge is -2.17. The Hall–Kier alpha value is -0.650. The van der Waals surface area contributed by atoms with Crippen molar-refractivity contribution in [3.63, 3.8) is 0 Å². The summed E-state index contributed by atoms with van der Waals surface area (Å²) in [5.74, 6) is 0. The number of aliphatic hydroxyl groups excluding tert-OH is 2. The second-order valence-electron chi connectivity index (χ2n) is 5.86. The fourth-order valence-electron chi connectivity index (χ4n) is 2.41. The van der Waals surface area contributed by atoms with E-state index in [1.165, 1.54) is 12.8 Å². The molecule has 1 aromatic rings. The van der Waals surface area contributed by atoms with E-state index in [1.54, 1.807) is 0 Å². The number of halogens is 1. The molecule has 0 radical (unpaired) electrons. The maximum atomic E-state index is 9.87. The first-order valence-electron chi connectivity index (χ1n) is 7.46. The van der Waals surface area contributed by atoms with Crippen LogP contribution in [0.4, 0.5) is 0 Å². The second kappa shape index (κ2) is 8.11. The van der Waals surface area contributed by atoms with E-state index in [4.69, 9.17) is 21.4 Å². The van der Waals surface area contributed by atoms with Gasteiger partial charge in [-0.15, -0.1) is 0 Å². The lowest BCUT2D eigenvalue weighted by atomic mass is 10.0. The minimum absolute atomic E-state index is 0.241. The van der Waals surface area contributed by atoms with Gasteiger partial charge in [-0.1, -0.05) is 29.8 Å². The fourth-order valence-corrected chi connectivity index (χ4v) is 2.60. The first-order chi connectivity index (χ1) is 10.2. The molecule has 1 fully saturated rings. The summed E-state index contributed by atoms with van der Waals surface area (Å²) in [5, 5.41) is 22.8. The van der Waals surface area contributed by atoms with E-state index in [1.807, 2.05) is 24.3 Å². The zero-order valence-electron chi connectivity index (χ0n) is 12.2. The van der Waals surface area contributed by atoms with Crippen molar-refractivity contribution in [2.24, 2.45) is 5.41 Å². The van der Waals surface area contributed by atoms with Crippen molar-refractivity contribution in [3.8, 4) is 0 Å². The van der Waals surface area contributed by atoms with Gasteiger partial charge in [-0.2, -0.15) is 0 Å². The summed E-state index contributed by atoms with van der Waals surface area (Å²) < 4.78 is 5.49. The molecule has 0 aliphatic heterocycles. The van der Waals surface area contributed by atoms with E-state index in [2.05, 4.69) is 5.32 Å². The van der Waals surface area contributed by atoms with Gasteiger partial charge < -0.3 is 20.3 Å². The Kier molecular flexibility index (Phi) is 6.45. The van der Waals surface area contributed by atoms with Crippen LogP contribution in [-0.4, -0.2) is 42.6 Å². The third kappa shape index (κ3) is 5.57. The molecule has 0 bridgehead atoms. The van der Waals surface area contributed by atoms with Gasteiger partial charge in [0.05, 0.1) is 19.3 Å². The monoisotopic (exact) mass is 313 g/mol. The average Bonchev–Trinajstić information content (AvgIpc) is 3.21. The van der Waals surface area contributed by atoms with Crippen LogP contribution in [0.5, 0.6) is 0 Å². The average molecular weight is 314 g/mol. The molecule has 2 rings (SSSR count). The van der Waals surface area contributed by atoms with E-state index in [-0.39, 0.29) is 18.6 Å². The molecule has 1 unspecified atom stereocenters. The number of nitrogens with one attached hydrogen (secondary N) is 1. The third-order valence-electron chi connectivity index (χ3n) is 4.00. The highest BCUT2D eigenvalue weighted by molar-refractivity contribution is 6.31. The molecule has 0 spiro atoms. The number of benzene rings is 1.